The van der Waals surface area contributed by atoms with Crippen LogP contribution >= 0.6 is 0 Å². The molecule has 2 aromatic rings. The second kappa shape index (κ2) is 6.34. The molecule has 1 aliphatic rings. The molecule has 102 valence electrons. The van der Waals surface area contributed by atoms with E-state index >= 15 is 0 Å². The molecule has 0 spiro atoms. The highest BCUT2D eigenvalue weighted by Gasteiger charge is 2.15. The van der Waals surface area contributed by atoms with Crippen molar-refractivity contribution in [2.24, 2.45) is 0 Å². The van der Waals surface area contributed by atoms with Crippen molar-refractivity contribution in [2.45, 2.75) is 40.0 Å². The molecule has 0 saturated heterocycles. The van der Waals surface area contributed by atoms with E-state index in [-0.39, 0.29) is 0 Å². The van der Waals surface area contributed by atoms with Crippen molar-refractivity contribution in [2.75, 3.05) is 0 Å². The van der Waals surface area contributed by atoms with Gasteiger partial charge in [0.05, 0.1) is 0 Å². The Morgan fingerprint density at radius 3 is 2.70 bits per heavy atom. The Bertz CT molecular complexity index is 651. The van der Waals surface area contributed by atoms with Gasteiger partial charge in [0, 0.05) is 6.20 Å². The van der Waals surface area contributed by atoms with Crippen LogP contribution in [-0.4, -0.2) is 4.98 Å². The van der Waals surface area contributed by atoms with Crippen molar-refractivity contribution in [3.63, 3.8) is 0 Å². The molecule has 1 aromatic heterocycles. The van der Waals surface area contributed by atoms with Crippen molar-refractivity contribution in [3.05, 3.63) is 52.8 Å². The quantitative estimate of drug-likeness (QED) is 0.763. The standard InChI is InChI=1S/C16H14N2.C2H6/c1-11-15-4-2-3-12(15)5-6-16(11)13-7-8-18-14(9-13)10-17;1-2/h5-9H,2-4H2,1H3;1-2H3. The number of aromatic nitrogens is 1. The molecule has 0 amide bonds. The number of nitrogens with zero attached hydrogens (tertiary/aromatic N) is 2. The summed E-state index contributed by atoms with van der Waals surface area (Å²) < 4.78 is 0. The summed E-state index contributed by atoms with van der Waals surface area (Å²) in [5.41, 5.74) is 7.16. The molecule has 1 aliphatic carbocycles. The Morgan fingerprint density at radius 1 is 1.15 bits per heavy atom. The molecule has 0 fully saturated rings. The Hall–Kier alpha value is -2.14. The first-order chi connectivity index (χ1) is 9.79. The van der Waals surface area contributed by atoms with E-state index in [0.29, 0.717) is 5.69 Å². The minimum Gasteiger partial charge on any atom is -0.246 e. The number of hydrogen-bond donors (Lipinski definition) is 0. The summed E-state index contributed by atoms with van der Waals surface area (Å²) in [7, 11) is 0. The molecule has 1 heterocycles. The summed E-state index contributed by atoms with van der Waals surface area (Å²) in [5, 5.41) is 8.92. The molecule has 0 aliphatic heterocycles. The predicted molar refractivity (Wildman–Crippen MR) is 82.5 cm³/mol. The van der Waals surface area contributed by atoms with E-state index in [1.54, 1.807) is 6.20 Å². The zero-order valence-electron chi connectivity index (χ0n) is 12.4. The second-order valence-electron chi connectivity index (χ2n) is 4.77. The first-order valence-corrected chi connectivity index (χ1v) is 7.27. The number of benzene rings is 1. The maximum Gasteiger partial charge on any atom is 0.141 e. The van der Waals surface area contributed by atoms with Gasteiger partial charge in [0.1, 0.15) is 11.8 Å². The van der Waals surface area contributed by atoms with Gasteiger partial charge < -0.3 is 0 Å². The van der Waals surface area contributed by atoms with E-state index in [1.807, 2.05) is 26.0 Å². The van der Waals surface area contributed by atoms with Gasteiger partial charge in [-0.25, -0.2) is 4.98 Å². The number of nitriles is 1. The molecule has 0 atom stereocenters. The number of aryl methyl sites for hydroxylation is 1. The summed E-state index contributed by atoms with van der Waals surface area (Å²) in [5.74, 6) is 0. The zero-order chi connectivity index (χ0) is 14.5. The minimum atomic E-state index is 0.479. The highest BCUT2D eigenvalue weighted by Crippen LogP contribution is 2.32. The third-order valence-electron chi connectivity index (χ3n) is 3.75. The second-order valence-corrected chi connectivity index (χ2v) is 4.77. The van der Waals surface area contributed by atoms with Gasteiger partial charge in [-0.2, -0.15) is 5.26 Å². The van der Waals surface area contributed by atoms with Gasteiger partial charge in [0.2, 0.25) is 0 Å². The van der Waals surface area contributed by atoms with Crippen LogP contribution in [-0.2, 0) is 12.8 Å². The van der Waals surface area contributed by atoms with Crippen LogP contribution in [0.15, 0.2) is 30.5 Å². The Labute approximate surface area is 121 Å². The van der Waals surface area contributed by atoms with Gasteiger partial charge >= 0.3 is 0 Å². The van der Waals surface area contributed by atoms with Crippen LogP contribution in [0.1, 0.15) is 42.7 Å². The summed E-state index contributed by atoms with van der Waals surface area (Å²) in [4.78, 5) is 4.02. The number of pyridine rings is 1. The van der Waals surface area contributed by atoms with E-state index in [2.05, 4.69) is 30.1 Å². The Kier molecular flexibility index (Phi) is 4.53. The highest BCUT2D eigenvalue weighted by atomic mass is 14.7. The van der Waals surface area contributed by atoms with Crippen molar-refractivity contribution in [3.8, 4) is 17.2 Å². The molecule has 0 radical (unpaired) electrons. The molecule has 0 N–H and O–H groups in total. The predicted octanol–water partition coefficient (Wildman–Crippen LogP) is 4.44. The molecular weight excluding hydrogens is 244 g/mol. The summed E-state index contributed by atoms with van der Waals surface area (Å²) in [6.45, 7) is 6.19. The van der Waals surface area contributed by atoms with Gasteiger partial charge in [-0.1, -0.05) is 26.0 Å². The van der Waals surface area contributed by atoms with Crippen LogP contribution in [0, 0.1) is 18.3 Å². The van der Waals surface area contributed by atoms with Crippen LogP contribution in [0.5, 0.6) is 0 Å². The molecule has 3 rings (SSSR count). The van der Waals surface area contributed by atoms with Gasteiger partial charge in [0.25, 0.3) is 0 Å². The lowest BCUT2D eigenvalue weighted by Gasteiger charge is -2.11. The van der Waals surface area contributed by atoms with Crippen LogP contribution in [0.25, 0.3) is 11.1 Å². The summed E-state index contributed by atoms with van der Waals surface area (Å²) in [6, 6.07) is 10.3. The topological polar surface area (TPSA) is 36.7 Å². The molecule has 2 heteroatoms. The largest absolute Gasteiger partial charge is 0.246 e. The molecule has 0 bridgehead atoms. The number of fused-ring (bicyclic) bond motifs is 1. The molecular formula is C18H20N2. The van der Waals surface area contributed by atoms with Crippen LogP contribution in [0.2, 0.25) is 0 Å². The van der Waals surface area contributed by atoms with Crippen molar-refractivity contribution in [1.82, 2.24) is 4.98 Å². The van der Waals surface area contributed by atoms with E-state index in [9.17, 15) is 0 Å². The minimum absolute atomic E-state index is 0.479. The third kappa shape index (κ3) is 2.58. The monoisotopic (exact) mass is 264 g/mol. The van der Waals surface area contributed by atoms with E-state index < -0.39 is 0 Å². The lowest BCUT2D eigenvalue weighted by atomic mass is 9.94. The smallest absolute Gasteiger partial charge is 0.141 e. The lowest BCUT2D eigenvalue weighted by Crippen LogP contribution is -1.93. The maximum absolute atomic E-state index is 8.92. The van der Waals surface area contributed by atoms with Crippen molar-refractivity contribution < 1.29 is 0 Å². The first kappa shape index (κ1) is 14.3. The fraction of sp³-hybridized carbons (Fsp3) is 0.333. The van der Waals surface area contributed by atoms with Crippen LogP contribution < -0.4 is 0 Å². The fourth-order valence-electron chi connectivity index (χ4n) is 2.82. The maximum atomic E-state index is 8.92. The van der Waals surface area contributed by atoms with Crippen molar-refractivity contribution >= 4 is 0 Å². The number of hydrogen-bond acceptors (Lipinski definition) is 2. The van der Waals surface area contributed by atoms with Crippen molar-refractivity contribution in [1.29, 1.82) is 5.26 Å². The summed E-state index contributed by atoms with van der Waals surface area (Å²) >= 11 is 0. The van der Waals surface area contributed by atoms with Gasteiger partial charge in [-0.3, -0.25) is 0 Å². The van der Waals surface area contributed by atoms with Crippen LogP contribution in [0.4, 0.5) is 0 Å². The average Bonchev–Trinajstić information content (AvgIpc) is 2.99. The SMILES string of the molecule is CC.Cc1c(-c2ccnc(C#N)c2)ccc2c1CCC2. The van der Waals surface area contributed by atoms with Gasteiger partial charge in [0.15, 0.2) is 0 Å². The lowest BCUT2D eigenvalue weighted by molar-refractivity contribution is 0.909. The molecule has 1 aromatic carbocycles. The fourth-order valence-corrected chi connectivity index (χ4v) is 2.82. The normalized spacial score (nSPS) is 12.1. The Balaban J connectivity index is 0.000000704. The van der Waals surface area contributed by atoms with Gasteiger partial charge in [-0.15, -0.1) is 0 Å². The van der Waals surface area contributed by atoms with E-state index in [1.165, 1.54) is 41.5 Å². The highest BCUT2D eigenvalue weighted by molar-refractivity contribution is 5.70. The van der Waals surface area contributed by atoms with E-state index in [4.69, 9.17) is 5.26 Å². The summed E-state index contributed by atoms with van der Waals surface area (Å²) in [6.07, 6.45) is 5.36. The van der Waals surface area contributed by atoms with Crippen LogP contribution in [0.3, 0.4) is 0 Å². The first-order valence-electron chi connectivity index (χ1n) is 7.27. The Morgan fingerprint density at radius 2 is 1.95 bits per heavy atom. The molecule has 0 unspecified atom stereocenters. The third-order valence-corrected chi connectivity index (χ3v) is 3.75. The average molecular weight is 264 g/mol. The van der Waals surface area contributed by atoms with Gasteiger partial charge in [-0.05, 0) is 66.1 Å². The van der Waals surface area contributed by atoms with E-state index in [0.717, 1.165) is 5.56 Å². The zero-order valence-corrected chi connectivity index (χ0v) is 12.4. The molecule has 20 heavy (non-hydrogen) atoms. The molecule has 0 saturated carbocycles. The number of rotatable bonds is 1. The molecule has 2 nitrogen and oxygen atoms in total.